The van der Waals surface area contributed by atoms with Gasteiger partial charge in [-0.3, -0.25) is 4.79 Å². The smallest absolute Gasteiger partial charge is 0.221 e. The van der Waals surface area contributed by atoms with Crippen molar-refractivity contribution in [3.63, 3.8) is 0 Å². The highest BCUT2D eigenvalue weighted by Gasteiger charge is 2.18. The van der Waals surface area contributed by atoms with E-state index in [0.717, 1.165) is 23.1 Å². The number of sulfonamides is 1. The lowest BCUT2D eigenvalue weighted by Crippen LogP contribution is -2.34. The van der Waals surface area contributed by atoms with Crippen LogP contribution in [0.5, 0.6) is 5.75 Å². The van der Waals surface area contributed by atoms with Crippen LogP contribution >= 0.6 is 0 Å². The molecule has 2 rings (SSSR count). The summed E-state index contributed by atoms with van der Waals surface area (Å²) < 4.78 is 30.3. The maximum atomic E-state index is 12.1. The Kier molecular flexibility index (Phi) is 7.17. The van der Waals surface area contributed by atoms with E-state index in [1.54, 1.807) is 7.11 Å². The lowest BCUT2D eigenvalue weighted by atomic mass is 10.2. The molecule has 0 aliphatic heterocycles. The lowest BCUT2D eigenvalue weighted by Gasteiger charge is -2.19. The van der Waals surface area contributed by atoms with Crippen LogP contribution in [0.15, 0.2) is 54.6 Å². The first-order chi connectivity index (χ1) is 12.4. The summed E-state index contributed by atoms with van der Waals surface area (Å²) in [5.74, 6) is 0.562. The minimum atomic E-state index is -3.39. The molecule has 0 atom stereocenters. The van der Waals surface area contributed by atoms with E-state index in [4.69, 9.17) is 4.74 Å². The Morgan fingerprint density at radius 3 is 2.27 bits per heavy atom. The maximum Gasteiger partial charge on any atom is 0.221 e. The molecule has 26 heavy (non-hydrogen) atoms. The van der Waals surface area contributed by atoms with Crippen molar-refractivity contribution in [2.75, 3.05) is 19.9 Å². The summed E-state index contributed by atoms with van der Waals surface area (Å²) in [7, 11) is -1.80. The van der Waals surface area contributed by atoms with Gasteiger partial charge < -0.3 is 10.1 Å². The first kappa shape index (κ1) is 19.9. The van der Waals surface area contributed by atoms with Gasteiger partial charge >= 0.3 is 0 Å². The van der Waals surface area contributed by atoms with Crippen LogP contribution in [0.1, 0.15) is 17.5 Å². The normalized spacial score (nSPS) is 11.3. The van der Waals surface area contributed by atoms with Gasteiger partial charge in [-0.05, 0) is 23.3 Å². The van der Waals surface area contributed by atoms with E-state index in [-0.39, 0.29) is 25.4 Å². The molecule has 1 N–H and O–H groups in total. The quantitative estimate of drug-likeness (QED) is 0.728. The zero-order chi connectivity index (χ0) is 19.0. The molecule has 0 aromatic heterocycles. The molecule has 0 unspecified atom stereocenters. The second-order valence-electron chi connectivity index (χ2n) is 5.96. The van der Waals surface area contributed by atoms with Gasteiger partial charge in [-0.2, -0.15) is 4.31 Å². The largest absolute Gasteiger partial charge is 0.497 e. The highest BCUT2D eigenvalue weighted by Crippen LogP contribution is 2.11. The highest BCUT2D eigenvalue weighted by molar-refractivity contribution is 7.88. The van der Waals surface area contributed by atoms with E-state index in [0.29, 0.717) is 6.54 Å². The number of hydrogen-bond acceptors (Lipinski definition) is 4. The van der Waals surface area contributed by atoms with E-state index in [1.165, 1.54) is 4.31 Å². The van der Waals surface area contributed by atoms with E-state index in [9.17, 15) is 13.2 Å². The highest BCUT2D eigenvalue weighted by atomic mass is 32.2. The second kappa shape index (κ2) is 9.35. The third-order valence-corrected chi connectivity index (χ3v) is 5.16. The van der Waals surface area contributed by atoms with Gasteiger partial charge in [-0.1, -0.05) is 42.5 Å². The van der Waals surface area contributed by atoms with Gasteiger partial charge in [0.15, 0.2) is 0 Å². The van der Waals surface area contributed by atoms with Crippen LogP contribution in [-0.4, -0.2) is 38.5 Å². The number of methoxy groups -OCH3 is 1. The number of carbonyl (C=O) groups excluding carboxylic acids is 1. The van der Waals surface area contributed by atoms with Crippen LogP contribution in [0.4, 0.5) is 0 Å². The van der Waals surface area contributed by atoms with Crippen LogP contribution in [0, 0.1) is 0 Å². The zero-order valence-corrected chi connectivity index (χ0v) is 15.8. The Balaban J connectivity index is 1.86. The number of ether oxygens (including phenoxy) is 1. The van der Waals surface area contributed by atoms with Crippen molar-refractivity contribution >= 4 is 15.9 Å². The van der Waals surface area contributed by atoms with Crippen LogP contribution in [0.2, 0.25) is 0 Å². The molecule has 1 amide bonds. The Labute approximate surface area is 154 Å². The topological polar surface area (TPSA) is 75.7 Å². The SMILES string of the molecule is COc1ccc(CNC(=O)CCN(Cc2ccccc2)S(C)(=O)=O)cc1. The van der Waals surface area contributed by atoms with Crippen molar-refractivity contribution < 1.29 is 17.9 Å². The van der Waals surface area contributed by atoms with Crippen molar-refractivity contribution in [3.05, 3.63) is 65.7 Å². The maximum absolute atomic E-state index is 12.1. The molecule has 2 aromatic carbocycles. The first-order valence-corrected chi connectivity index (χ1v) is 10.1. The summed E-state index contributed by atoms with van der Waals surface area (Å²) in [5, 5.41) is 2.81. The molecule has 2 aromatic rings. The second-order valence-corrected chi connectivity index (χ2v) is 7.94. The molecule has 0 heterocycles. The minimum absolute atomic E-state index is 0.107. The van der Waals surface area contributed by atoms with Crippen LogP contribution in [-0.2, 0) is 27.9 Å². The third-order valence-electron chi connectivity index (χ3n) is 3.91. The van der Waals surface area contributed by atoms with Gasteiger partial charge in [0.05, 0.1) is 13.4 Å². The van der Waals surface area contributed by atoms with E-state index in [1.807, 2.05) is 54.6 Å². The van der Waals surface area contributed by atoms with Crippen molar-refractivity contribution in [2.45, 2.75) is 19.5 Å². The summed E-state index contributed by atoms with van der Waals surface area (Å²) in [6, 6.07) is 16.7. The Bertz CT molecular complexity index is 805. The van der Waals surface area contributed by atoms with Gasteiger partial charge in [0.25, 0.3) is 0 Å². The predicted molar refractivity (Wildman–Crippen MR) is 101 cm³/mol. The van der Waals surface area contributed by atoms with Gasteiger partial charge in [-0.15, -0.1) is 0 Å². The molecule has 140 valence electrons. The fourth-order valence-electron chi connectivity index (χ4n) is 2.41. The molecule has 0 aliphatic rings. The van der Waals surface area contributed by atoms with Crippen LogP contribution < -0.4 is 10.1 Å². The van der Waals surface area contributed by atoms with Crippen LogP contribution in [0.25, 0.3) is 0 Å². The monoisotopic (exact) mass is 376 g/mol. The van der Waals surface area contributed by atoms with Gasteiger partial charge in [0, 0.05) is 26.1 Å². The summed E-state index contributed by atoms with van der Waals surface area (Å²) in [4.78, 5) is 12.1. The summed E-state index contributed by atoms with van der Waals surface area (Å²) in [6.45, 7) is 0.786. The van der Waals surface area contributed by atoms with E-state index < -0.39 is 10.0 Å². The molecule has 7 heteroatoms. The third kappa shape index (κ3) is 6.50. The summed E-state index contributed by atoms with van der Waals surface area (Å²) in [5.41, 5.74) is 1.83. The number of nitrogens with one attached hydrogen (secondary N) is 1. The Morgan fingerprint density at radius 1 is 1.04 bits per heavy atom. The fraction of sp³-hybridized carbons (Fsp3) is 0.316. The number of rotatable bonds is 9. The Morgan fingerprint density at radius 2 is 1.69 bits per heavy atom. The Hall–Kier alpha value is -2.38. The summed E-state index contributed by atoms with van der Waals surface area (Å²) in [6.07, 6.45) is 1.27. The molecule has 0 spiro atoms. The molecule has 0 radical (unpaired) electrons. The lowest BCUT2D eigenvalue weighted by molar-refractivity contribution is -0.121. The molecule has 0 aliphatic carbocycles. The van der Waals surface area contributed by atoms with Crippen LogP contribution in [0.3, 0.4) is 0 Å². The molecule has 6 nitrogen and oxygen atoms in total. The number of carbonyl (C=O) groups is 1. The summed E-state index contributed by atoms with van der Waals surface area (Å²) >= 11 is 0. The zero-order valence-electron chi connectivity index (χ0n) is 15.0. The van der Waals surface area contributed by atoms with E-state index >= 15 is 0 Å². The molecule has 0 bridgehead atoms. The van der Waals surface area contributed by atoms with Crippen molar-refractivity contribution in [1.82, 2.24) is 9.62 Å². The van der Waals surface area contributed by atoms with E-state index in [2.05, 4.69) is 5.32 Å². The average molecular weight is 376 g/mol. The molecular formula is C19H24N2O4S. The first-order valence-electron chi connectivity index (χ1n) is 8.27. The van der Waals surface area contributed by atoms with Crippen molar-refractivity contribution in [3.8, 4) is 5.75 Å². The van der Waals surface area contributed by atoms with Gasteiger partial charge in [0.1, 0.15) is 5.75 Å². The predicted octanol–water partition coefficient (Wildman–Crippen LogP) is 2.16. The molecule has 0 saturated heterocycles. The number of amides is 1. The standard InChI is InChI=1S/C19H24N2O4S/c1-25-18-10-8-16(9-11-18)14-20-19(22)12-13-21(26(2,23)24)15-17-6-4-3-5-7-17/h3-11H,12-15H2,1-2H3,(H,20,22). The van der Waals surface area contributed by atoms with Gasteiger partial charge in [-0.25, -0.2) is 8.42 Å². The molecule has 0 fully saturated rings. The molecule has 0 saturated carbocycles. The minimum Gasteiger partial charge on any atom is -0.497 e. The molecular weight excluding hydrogens is 352 g/mol. The van der Waals surface area contributed by atoms with Crippen molar-refractivity contribution in [2.24, 2.45) is 0 Å². The average Bonchev–Trinajstić information content (AvgIpc) is 2.63. The number of nitrogens with zero attached hydrogens (tertiary/aromatic N) is 1. The van der Waals surface area contributed by atoms with Gasteiger partial charge in [0.2, 0.25) is 15.9 Å². The van der Waals surface area contributed by atoms with Crippen molar-refractivity contribution in [1.29, 1.82) is 0 Å². The fourth-order valence-corrected chi connectivity index (χ4v) is 3.21. The number of hydrogen-bond donors (Lipinski definition) is 1. The number of benzene rings is 2.